The fraction of sp³-hybridized carbons (Fsp3) is 0.647. The molecule has 0 aliphatic heterocycles. The van der Waals surface area contributed by atoms with E-state index in [2.05, 4.69) is 4.72 Å². The van der Waals surface area contributed by atoms with Crippen molar-refractivity contribution in [3.05, 3.63) is 24.3 Å². The monoisotopic (exact) mass is 388 g/mol. The Hall–Kier alpha value is -0.960. The molecule has 1 saturated carbocycles. The molecule has 2 rings (SSSR count). The normalized spacial score (nSPS) is 16.1. The van der Waals surface area contributed by atoms with Crippen LogP contribution in [-0.4, -0.2) is 40.3 Å². The fourth-order valence-corrected chi connectivity index (χ4v) is 5.59. The number of rotatable bonds is 9. The second kappa shape index (κ2) is 7.73. The first-order valence-corrected chi connectivity index (χ1v) is 11.6. The molecule has 1 fully saturated rings. The molecule has 0 saturated heterocycles. The molecule has 0 amide bonds. The third-order valence-electron chi connectivity index (χ3n) is 3.81. The lowest BCUT2D eigenvalue weighted by Crippen LogP contribution is -2.37. The van der Waals surface area contributed by atoms with Gasteiger partial charge in [-0.1, -0.05) is 27.7 Å². The van der Waals surface area contributed by atoms with E-state index in [-0.39, 0.29) is 27.7 Å². The summed E-state index contributed by atoms with van der Waals surface area (Å²) >= 11 is 0. The SMILES string of the molecule is CC(C)CN(CC(C)C)S(=O)(=O)c1ccc(S(=O)(=O)NC2CC2)cc1. The van der Waals surface area contributed by atoms with Gasteiger partial charge in [0.05, 0.1) is 9.79 Å². The molecule has 1 aromatic carbocycles. The predicted molar refractivity (Wildman–Crippen MR) is 98.2 cm³/mol. The molecule has 8 heteroatoms. The molecule has 6 nitrogen and oxygen atoms in total. The number of hydrogen-bond acceptors (Lipinski definition) is 4. The quantitative estimate of drug-likeness (QED) is 0.704. The summed E-state index contributed by atoms with van der Waals surface area (Å²) < 4.78 is 54.3. The molecular formula is C17H28N2O4S2. The van der Waals surface area contributed by atoms with Gasteiger partial charge in [0.25, 0.3) is 0 Å². The fourth-order valence-electron chi connectivity index (χ4n) is 2.51. The predicted octanol–water partition coefficient (Wildman–Crippen LogP) is 2.43. The van der Waals surface area contributed by atoms with E-state index >= 15 is 0 Å². The Bertz CT molecular complexity index is 770. The smallest absolute Gasteiger partial charge is 0.208 e. The maximum Gasteiger partial charge on any atom is 0.243 e. The highest BCUT2D eigenvalue weighted by atomic mass is 32.2. The van der Waals surface area contributed by atoms with Crippen LogP contribution in [0.1, 0.15) is 40.5 Å². The summed E-state index contributed by atoms with van der Waals surface area (Å²) in [6.45, 7) is 8.77. The molecule has 0 spiro atoms. The van der Waals surface area contributed by atoms with Crippen LogP contribution in [0.2, 0.25) is 0 Å². The van der Waals surface area contributed by atoms with Gasteiger partial charge in [-0.2, -0.15) is 4.31 Å². The highest BCUT2D eigenvalue weighted by molar-refractivity contribution is 7.89. The van der Waals surface area contributed by atoms with Crippen LogP contribution >= 0.6 is 0 Å². The lowest BCUT2D eigenvalue weighted by molar-refractivity contribution is 0.333. The third-order valence-corrected chi connectivity index (χ3v) is 7.19. The lowest BCUT2D eigenvalue weighted by atomic mass is 10.2. The number of benzene rings is 1. The molecule has 0 heterocycles. The maximum absolute atomic E-state index is 12.9. The zero-order valence-electron chi connectivity index (χ0n) is 15.3. The van der Waals surface area contributed by atoms with Gasteiger partial charge in [-0.05, 0) is 48.9 Å². The summed E-state index contributed by atoms with van der Waals surface area (Å²) in [5, 5.41) is 0. The minimum absolute atomic E-state index is 0.0148. The average molecular weight is 389 g/mol. The Morgan fingerprint density at radius 3 is 1.76 bits per heavy atom. The first-order chi connectivity index (χ1) is 11.5. The molecule has 1 aliphatic carbocycles. The Morgan fingerprint density at radius 2 is 1.36 bits per heavy atom. The van der Waals surface area contributed by atoms with Crippen LogP contribution in [0.4, 0.5) is 0 Å². The van der Waals surface area contributed by atoms with Gasteiger partial charge in [0, 0.05) is 19.1 Å². The summed E-state index contributed by atoms with van der Waals surface area (Å²) in [6.07, 6.45) is 1.70. The molecule has 25 heavy (non-hydrogen) atoms. The first kappa shape index (κ1) is 20.4. The van der Waals surface area contributed by atoms with Crippen molar-refractivity contribution in [3.63, 3.8) is 0 Å². The summed E-state index contributed by atoms with van der Waals surface area (Å²) in [5.74, 6) is 0.409. The van der Waals surface area contributed by atoms with Crippen molar-refractivity contribution in [1.29, 1.82) is 0 Å². The number of nitrogens with one attached hydrogen (secondary N) is 1. The van der Waals surface area contributed by atoms with Crippen LogP contribution in [0.3, 0.4) is 0 Å². The molecule has 142 valence electrons. The maximum atomic E-state index is 12.9. The minimum Gasteiger partial charge on any atom is -0.208 e. The van der Waals surface area contributed by atoms with Gasteiger partial charge >= 0.3 is 0 Å². The van der Waals surface area contributed by atoms with Crippen LogP contribution in [-0.2, 0) is 20.0 Å². The van der Waals surface area contributed by atoms with Crippen LogP contribution in [0, 0.1) is 11.8 Å². The van der Waals surface area contributed by atoms with E-state index in [1.54, 1.807) is 0 Å². The summed E-state index contributed by atoms with van der Waals surface area (Å²) in [7, 11) is -7.22. The van der Waals surface area contributed by atoms with Gasteiger partial charge < -0.3 is 0 Å². The lowest BCUT2D eigenvalue weighted by Gasteiger charge is -2.25. The zero-order chi connectivity index (χ0) is 18.8. The van der Waals surface area contributed by atoms with Gasteiger partial charge in [0.15, 0.2) is 0 Å². The first-order valence-electron chi connectivity index (χ1n) is 8.65. The van der Waals surface area contributed by atoms with Crippen molar-refractivity contribution in [2.24, 2.45) is 11.8 Å². The van der Waals surface area contributed by atoms with E-state index in [0.717, 1.165) is 12.8 Å². The number of nitrogens with zero attached hydrogens (tertiary/aromatic N) is 1. The van der Waals surface area contributed by atoms with Crippen molar-refractivity contribution in [1.82, 2.24) is 9.03 Å². The van der Waals surface area contributed by atoms with E-state index in [4.69, 9.17) is 0 Å². The number of sulfonamides is 2. The Labute approximate surface area is 151 Å². The average Bonchev–Trinajstić information content (AvgIpc) is 3.29. The molecule has 0 unspecified atom stereocenters. The van der Waals surface area contributed by atoms with E-state index in [1.165, 1.54) is 28.6 Å². The van der Waals surface area contributed by atoms with Gasteiger partial charge in [0.1, 0.15) is 0 Å². The van der Waals surface area contributed by atoms with Crippen LogP contribution in [0.5, 0.6) is 0 Å². The second-order valence-corrected chi connectivity index (χ2v) is 11.1. The largest absolute Gasteiger partial charge is 0.243 e. The summed E-state index contributed by atoms with van der Waals surface area (Å²) in [5.41, 5.74) is 0. The molecule has 0 aromatic heterocycles. The molecule has 0 radical (unpaired) electrons. The van der Waals surface area contributed by atoms with Gasteiger partial charge in [-0.15, -0.1) is 0 Å². The molecule has 1 aliphatic rings. The Morgan fingerprint density at radius 1 is 0.920 bits per heavy atom. The van der Waals surface area contributed by atoms with Crippen LogP contribution < -0.4 is 4.72 Å². The highest BCUT2D eigenvalue weighted by Crippen LogP contribution is 2.24. The Kier molecular flexibility index (Phi) is 6.30. The molecule has 0 atom stereocenters. The summed E-state index contributed by atoms with van der Waals surface area (Å²) in [4.78, 5) is 0.219. The zero-order valence-corrected chi connectivity index (χ0v) is 16.9. The van der Waals surface area contributed by atoms with Gasteiger partial charge in [-0.3, -0.25) is 0 Å². The Balaban J connectivity index is 2.25. The van der Waals surface area contributed by atoms with Gasteiger partial charge in [0.2, 0.25) is 20.0 Å². The second-order valence-electron chi connectivity index (χ2n) is 7.48. The van der Waals surface area contributed by atoms with Crippen molar-refractivity contribution in [3.8, 4) is 0 Å². The van der Waals surface area contributed by atoms with Crippen molar-refractivity contribution < 1.29 is 16.8 Å². The standard InChI is InChI=1S/C17H28N2O4S2/c1-13(2)11-19(12-14(3)4)25(22,23)17-9-7-16(8-10-17)24(20,21)18-15-5-6-15/h7-10,13-15,18H,5-6,11-12H2,1-4H3. The van der Waals surface area contributed by atoms with E-state index in [9.17, 15) is 16.8 Å². The molecule has 1 aromatic rings. The van der Waals surface area contributed by atoms with E-state index in [0.29, 0.717) is 13.1 Å². The molecular weight excluding hydrogens is 360 g/mol. The highest BCUT2D eigenvalue weighted by Gasteiger charge is 2.29. The topological polar surface area (TPSA) is 83.6 Å². The van der Waals surface area contributed by atoms with Crippen molar-refractivity contribution in [2.75, 3.05) is 13.1 Å². The van der Waals surface area contributed by atoms with Crippen molar-refractivity contribution in [2.45, 2.75) is 56.4 Å². The number of hydrogen-bond donors (Lipinski definition) is 1. The summed E-state index contributed by atoms with van der Waals surface area (Å²) in [6, 6.07) is 5.50. The van der Waals surface area contributed by atoms with Gasteiger partial charge in [-0.25, -0.2) is 21.6 Å². The van der Waals surface area contributed by atoms with Crippen LogP contribution in [0.25, 0.3) is 0 Å². The minimum atomic E-state index is -3.65. The molecule has 0 bridgehead atoms. The van der Waals surface area contributed by atoms with Crippen molar-refractivity contribution >= 4 is 20.0 Å². The van der Waals surface area contributed by atoms with E-state index < -0.39 is 20.0 Å². The van der Waals surface area contributed by atoms with Crippen LogP contribution in [0.15, 0.2) is 34.1 Å². The molecule has 1 N–H and O–H groups in total. The van der Waals surface area contributed by atoms with E-state index in [1.807, 2.05) is 27.7 Å². The third kappa shape index (κ3) is 5.51.